The number of hydrogen-bond donors (Lipinski definition) is 1. The Bertz CT molecular complexity index is 626. The van der Waals surface area contributed by atoms with E-state index in [1.54, 1.807) is 13.0 Å². The fraction of sp³-hybridized carbons (Fsp3) is 0.333. The van der Waals surface area contributed by atoms with Gasteiger partial charge < -0.3 is 10.0 Å². The molecule has 0 aliphatic carbocycles. The molecule has 1 atom stereocenters. The number of carbonyl (C=O) groups excluding carboxylic acids is 1. The Hall–Kier alpha value is -2.54. The average molecular weight is 301 g/mol. The van der Waals surface area contributed by atoms with Crippen LogP contribution in [0, 0.1) is 0 Å². The summed E-state index contributed by atoms with van der Waals surface area (Å²) < 4.78 is 0. The van der Waals surface area contributed by atoms with Crippen molar-refractivity contribution in [2.45, 2.75) is 13.0 Å². The van der Waals surface area contributed by atoms with Crippen LogP contribution in [0.2, 0.25) is 0 Å². The minimum Gasteiger partial charge on any atom is -0.395 e. The largest absolute Gasteiger partial charge is 0.395 e. The maximum absolute atomic E-state index is 12.4. The maximum atomic E-state index is 12.4. The van der Waals surface area contributed by atoms with Gasteiger partial charge in [-0.2, -0.15) is 4.80 Å². The third-order valence-corrected chi connectivity index (χ3v) is 3.20. The molecule has 1 aromatic carbocycles. The van der Waals surface area contributed by atoms with Crippen molar-refractivity contribution in [1.29, 1.82) is 0 Å². The van der Waals surface area contributed by atoms with Gasteiger partial charge in [-0.15, -0.1) is 16.8 Å². The van der Waals surface area contributed by atoms with Crippen LogP contribution in [0.3, 0.4) is 0 Å². The monoisotopic (exact) mass is 301 g/mol. The highest BCUT2D eigenvalue weighted by atomic mass is 16.3. The second kappa shape index (κ2) is 7.46. The van der Waals surface area contributed by atoms with E-state index in [4.69, 9.17) is 5.11 Å². The lowest BCUT2D eigenvalue weighted by Crippen LogP contribution is -2.38. The standard InChI is InChI=1S/C15H19N5O2/c1-3-9-19(10-11-21)15(22)12(2)20-17-14(16-18-20)13-7-5-4-6-8-13/h3-8,12,21H,1,9-11H2,2H3. The lowest BCUT2D eigenvalue weighted by molar-refractivity contribution is -0.134. The van der Waals surface area contributed by atoms with Crippen LogP contribution in [0.1, 0.15) is 13.0 Å². The number of aliphatic hydroxyl groups is 1. The number of nitrogens with zero attached hydrogens (tertiary/aromatic N) is 5. The molecule has 0 fully saturated rings. The quantitative estimate of drug-likeness (QED) is 0.768. The van der Waals surface area contributed by atoms with Crippen LogP contribution >= 0.6 is 0 Å². The molecule has 1 heterocycles. The van der Waals surface area contributed by atoms with Gasteiger partial charge in [0.05, 0.1) is 6.61 Å². The lowest BCUT2D eigenvalue weighted by Gasteiger charge is -2.22. The van der Waals surface area contributed by atoms with E-state index in [1.165, 1.54) is 9.70 Å². The van der Waals surface area contributed by atoms with Gasteiger partial charge in [0.1, 0.15) is 6.04 Å². The van der Waals surface area contributed by atoms with E-state index in [0.29, 0.717) is 12.4 Å². The summed E-state index contributed by atoms with van der Waals surface area (Å²) >= 11 is 0. The summed E-state index contributed by atoms with van der Waals surface area (Å²) in [5, 5.41) is 21.2. The number of tetrazole rings is 1. The predicted octanol–water partition coefficient (Wildman–Crippen LogP) is 0.908. The molecule has 0 aliphatic rings. The first-order valence-electron chi connectivity index (χ1n) is 7.03. The number of rotatable bonds is 7. The van der Waals surface area contributed by atoms with E-state index in [1.807, 2.05) is 30.3 Å². The Kier molecular flexibility index (Phi) is 5.37. The Balaban J connectivity index is 2.15. The van der Waals surface area contributed by atoms with Crippen molar-refractivity contribution in [3.8, 4) is 11.4 Å². The molecule has 1 amide bonds. The van der Waals surface area contributed by atoms with Crippen molar-refractivity contribution >= 4 is 5.91 Å². The molecular weight excluding hydrogens is 282 g/mol. The Labute approximate surface area is 128 Å². The van der Waals surface area contributed by atoms with Crippen molar-refractivity contribution in [2.24, 2.45) is 0 Å². The summed E-state index contributed by atoms with van der Waals surface area (Å²) in [6.07, 6.45) is 1.62. The summed E-state index contributed by atoms with van der Waals surface area (Å²) in [4.78, 5) is 15.2. The van der Waals surface area contributed by atoms with Crippen molar-refractivity contribution in [3.05, 3.63) is 43.0 Å². The molecule has 0 saturated carbocycles. The highest BCUT2D eigenvalue weighted by Gasteiger charge is 2.23. The zero-order chi connectivity index (χ0) is 15.9. The van der Waals surface area contributed by atoms with Crippen molar-refractivity contribution < 1.29 is 9.90 Å². The van der Waals surface area contributed by atoms with E-state index in [-0.39, 0.29) is 19.1 Å². The summed E-state index contributed by atoms with van der Waals surface area (Å²) in [7, 11) is 0. The van der Waals surface area contributed by atoms with E-state index >= 15 is 0 Å². The van der Waals surface area contributed by atoms with Crippen LogP contribution in [-0.2, 0) is 4.79 Å². The van der Waals surface area contributed by atoms with E-state index in [0.717, 1.165) is 5.56 Å². The van der Waals surface area contributed by atoms with Gasteiger partial charge in [0, 0.05) is 18.7 Å². The molecule has 2 aromatic rings. The molecule has 0 spiro atoms. The predicted molar refractivity (Wildman–Crippen MR) is 81.8 cm³/mol. The second-order valence-corrected chi connectivity index (χ2v) is 4.77. The molecule has 7 nitrogen and oxygen atoms in total. The first kappa shape index (κ1) is 15.8. The van der Waals surface area contributed by atoms with E-state index in [9.17, 15) is 4.79 Å². The SMILES string of the molecule is C=CCN(CCO)C(=O)C(C)n1nnc(-c2ccccc2)n1. The Morgan fingerprint density at radius 2 is 2.18 bits per heavy atom. The zero-order valence-corrected chi connectivity index (χ0v) is 12.5. The topological polar surface area (TPSA) is 84.1 Å². The van der Waals surface area contributed by atoms with Gasteiger partial charge in [-0.25, -0.2) is 0 Å². The Morgan fingerprint density at radius 1 is 1.45 bits per heavy atom. The van der Waals surface area contributed by atoms with Crippen LogP contribution in [0.15, 0.2) is 43.0 Å². The molecule has 0 bridgehead atoms. The number of hydrogen-bond acceptors (Lipinski definition) is 5. The summed E-state index contributed by atoms with van der Waals surface area (Å²) in [6, 6.07) is 8.83. The summed E-state index contributed by atoms with van der Waals surface area (Å²) in [5.74, 6) is 0.281. The highest BCUT2D eigenvalue weighted by Crippen LogP contribution is 2.14. The van der Waals surface area contributed by atoms with Crippen LogP contribution in [0.25, 0.3) is 11.4 Å². The van der Waals surface area contributed by atoms with E-state index in [2.05, 4.69) is 22.0 Å². The lowest BCUT2D eigenvalue weighted by atomic mass is 10.2. The molecule has 0 aliphatic heterocycles. The molecule has 1 N–H and O–H groups in total. The van der Waals surface area contributed by atoms with Gasteiger partial charge in [-0.1, -0.05) is 36.4 Å². The first-order chi connectivity index (χ1) is 10.7. The van der Waals surface area contributed by atoms with Crippen molar-refractivity contribution in [3.63, 3.8) is 0 Å². The number of benzene rings is 1. The smallest absolute Gasteiger partial charge is 0.249 e. The third-order valence-electron chi connectivity index (χ3n) is 3.20. The van der Waals surface area contributed by atoms with Crippen molar-refractivity contribution in [1.82, 2.24) is 25.1 Å². The fourth-order valence-corrected chi connectivity index (χ4v) is 2.02. The number of aliphatic hydroxyl groups excluding tert-OH is 1. The minimum absolute atomic E-state index is 0.105. The average Bonchev–Trinajstić information content (AvgIpc) is 3.04. The van der Waals surface area contributed by atoms with Crippen LogP contribution < -0.4 is 0 Å². The third kappa shape index (κ3) is 3.56. The molecule has 116 valence electrons. The van der Waals surface area contributed by atoms with Gasteiger partial charge in [-0.05, 0) is 12.1 Å². The summed E-state index contributed by atoms with van der Waals surface area (Å²) in [6.45, 7) is 5.82. The number of amides is 1. The van der Waals surface area contributed by atoms with Gasteiger partial charge in [0.2, 0.25) is 11.7 Å². The molecule has 2 rings (SSSR count). The second-order valence-electron chi connectivity index (χ2n) is 4.77. The van der Waals surface area contributed by atoms with E-state index < -0.39 is 6.04 Å². The highest BCUT2D eigenvalue weighted by molar-refractivity contribution is 5.80. The van der Waals surface area contributed by atoms with Gasteiger partial charge in [0.25, 0.3) is 0 Å². The van der Waals surface area contributed by atoms with Crippen LogP contribution in [0.5, 0.6) is 0 Å². The minimum atomic E-state index is -0.600. The van der Waals surface area contributed by atoms with Crippen LogP contribution in [0.4, 0.5) is 0 Å². The zero-order valence-electron chi connectivity index (χ0n) is 12.5. The van der Waals surface area contributed by atoms with Gasteiger partial charge >= 0.3 is 0 Å². The van der Waals surface area contributed by atoms with Crippen LogP contribution in [-0.4, -0.2) is 55.8 Å². The summed E-state index contributed by atoms with van der Waals surface area (Å²) in [5.41, 5.74) is 0.840. The molecule has 1 unspecified atom stereocenters. The fourth-order valence-electron chi connectivity index (χ4n) is 2.02. The van der Waals surface area contributed by atoms with Gasteiger partial charge in [0.15, 0.2) is 0 Å². The molecule has 1 aromatic heterocycles. The molecular formula is C15H19N5O2. The van der Waals surface area contributed by atoms with Crippen molar-refractivity contribution in [2.75, 3.05) is 19.7 Å². The number of aromatic nitrogens is 4. The maximum Gasteiger partial charge on any atom is 0.249 e. The number of carbonyl (C=O) groups is 1. The normalized spacial score (nSPS) is 11.9. The molecule has 0 radical (unpaired) electrons. The Morgan fingerprint density at radius 3 is 2.82 bits per heavy atom. The molecule has 0 saturated heterocycles. The molecule has 22 heavy (non-hydrogen) atoms. The molecule has 7 heteroatoms. The van der Waals surface area contributed by atoms with Gasteiger partial charge in [-0.3, -0.25) is 4.79 Å². The first-order valence-corrected chi connectivity index (χ1v) is 7.03.